The second kappa shape index (κ2) is 7.20. The summed E-state index contributed by atoms with van der Waals surface area (Å²) < 4.78 is 0. The summed E-state index contributed by atoms with van der Waals surface area (Å²) in [7, 11) is 0. The number of carboxylic acids is 1. The standard InChI is InChI=1S/C14H26N2O3S/c1-14(2,3)11(12(17)18)16-13(19)15-9-7-5-6-8-10(9)20-4/h9-11H,5-8H2,1-4H3,(H,17,18)(H2,15,16,19). The van der Waals surface area contributed by atoms with Gasteiger partial charge in [0.25, 0.3) is 0 Å². The van der Waals surface area contributed by atoms with Crippen LogP contribution in [0.15, 0.2) is 0 Å². The van der Waals surface area contributed by atoms with Crippen molar-refractivity contribution in [3.05, 3.63) is 0 Å². The maximum Gasteiger partial charge on any atom is 0.326 e. The molecule has 0 spiro atoms. The minimum absolute atomic E-state index is 0.133. The molecule has 0 heterocycles. The Bertz CT molecular complexity index is 355. The Morgan fingerprint density at radius 1 is 1.25 bits per heavy atom. The minimum Gasteiger partial charge on any atom is -0.480 e. The number of nitrogens with one attached hydrogen (secondary N) is 2. The van der Waals surface area contributed by atoms with Crippen molar-refractivity contribution in [1.82, 2.24) is 10.6 Å². The fourth-order valence-electron chi connectivity index (χ4n) is 2.53. The van der Waals surface area contributed by atoms with E-state index in [1.165, 1.54) is 6.42 Å². The normalized spacial score (nSPS) is 24.8. The summed E-state index contributed by atoms with van der Waals surface area (Å²) in [6.07, 6.45) is 6.44. The van der Waals surface area contributed by atoms with Crippen molar-refractivity contribution in [1.29, 1.82) is 0 Å². The molecule has 0 aromatic heterocycles. The van der Waals surface area contributed by atoms with Crippen LogP contribution < -0.4 is 10.6 Å². The van der Waals surface area contributed by atoms with Crippen LogP contribution >= 0.6 is 11.8 Å². The Hall–Kier alpha value is -0.910. The molecule has 0 bridgehead atoms. The first-order valence-electron chi connectivity index (χ1n) is 7.08. The molecule has 1 aliphatic carbocycles. The van der Waals surface area contributed by atoms with Crippen molar-refractivity contribution in [2.45, 2.75) is 63.8 Å². The number of rotatable bonds is 4. The van der Waals surface area contributed by atoms with Crippen LogP contribution in [0.1, 0.15) is 46.5 Å². The predicted octanol–water partition coefficient (Wildman–Crippen LogP) is 2.46. The molecule has 20 heavy (non-hydrogen) atoms. The topological polar surface area (TPSA) is 78.4 Å². The van der Waals surface area contributed by atoms with E-state index in [-0.39, 0.29) is 12.1 Å². The molecular formula is C14H26N2O3S. The zero-order valence-electron chi connectivity index (χ0n) is 12.7. The summed E-state index contributed by atoms with van der Waals surface area (Å²) in [5.74, 6) is -1.00. The van der Waals surface area contributed by atoms with Gasteiger partial charge in [-0.15, -0.1) is 0 Å². The van der Waals surface area contributed by atoms with E-state index in [4.69, 9.17) is 0 Å². The van der Waals surface area contributed by atoms with E-state index in [2.05, 4.69) is 16.9 Å². The molecule has 5 nitrogen and oxygen atoms in total. The monoisotopic (exact) mass is 302 g/mol. The number of carbonyl (C=O) groups is 2. The maximum atomic E-state index is 12.0. The molecule has 0 aromatic rings. The number of amides is 2. The molecule has 0 aromatic carbocycles. The van der Waals surface area contributed by atoms with Gasteiger partial charge in [-0.1, -0.05) is 33.6 Å². The lowest BCUT2D eigenvalue weighted by molar-refractivity contribution is -0.141. The average Bonchev–Trinajstić information content (AvgIpc) is 2.35. The molecule has 3 unspecified atom stereocenters. The van der Waals surface area contributed by atoms with Gasteiger partial charge in [-0.2, -0.15) is 11.8 Å². The number of thioether (sulfide) groups is 1. The summed E-state index contributed by atoms with van der Waals surface area (Å²) >= 11 is 1.77. The first kappa shape index (κ1) is 17.1. The first-order chi connectivity index (χ1) is 9.25. The van der Waals surface area contributed by atoms with Gasteiger partial charge in [-0.3, -0.25) is 0 Å². The zero-order valence-corrected chi connectivity index (χ0v) is 13.5. The van der Waals surface area contributed by atoms with Crippen LogP contribution in [0.5, 0.6) is 0 Å². The SMILES string of the molecule is CSC1CCCCC1NC(=O)NC(C(=O)O)C(C)(C)C. The molecule has 116 valence electrons. The Morgan fingerprint density at radius 3 is 2.35 bits per heavy atom. The van der Waals surface area contributed by atoms with Crippen molar-refractivity contribution >= 4 is 23.8 Å². The maximum absolute atomic E-state index is 12.0. The highest BCUT2D eigenvalue weighted by Gasteiger charge is 2.34. The molecule has 1 saturated carbocycles. The zero-order chi connectivity index (χ0) is 15.3. The largest absolute Gasteiger partial charge is 0.480 e. The van der Waals surface area contributed by atoms with Gasteiger partial charge in [-0.25, -0.2) is 9.59 Å². The van der Waals surface area contributed by atoms with Crippen LogP contribution in [0.3, 0.4) is 0 Å². The van der Waals surface area contributed by atoms with Crippen molar-refractivity contribution in [2.24, 2.45) is 5.41 Å². The van der Waals surface area contributed by atoms with Crippen molar-refractivity contribution < 1.29 is 14.7 Å². The number of hydrogen-bond acceptors (Lipinski definition) is 3. The van der Waals surface area contributed by atoms with Crippen molar-refractivity contribution in [3.8, 4) is 0 Å². The highest BCUT2D eigenvalue weighted by molar-refractivity contribution is 7.99. The van der Waals surface area contributed by atoms with E-state index in [1.54, 1.807) is 32.5 Å². The van der Waals surface area contributed by atoms with Crippen molar-refractivity contribution in [3.63, 3.8) is 0 Å². The van der Waals surface area contributed by atoms with Gasteiger partial charge < -0.3 is 15.7 Å². The van der Waals surface area contributed by atoms with Gasteiger partial charge in [0.1, 0.15) is 6.04 Å². The van der Waals surface area contributed by atoms with Gasteiger partial charge in [0.15, 0.2) is 0 Å². The lowest BCUT2D eigenvalue weighted by atomic mass is 9.87. The Balaban J connectivity index is 2.59. The van der Waals surface area contributed by atoms with E-state index in [9.17, 15) is 14.7 Å². The first-order valence-corrected chi connectivity index (χ1v) is 8.37. The highest BCUT2D eigenvalue weighted by atomic mass is 32.2. The number of carbonyl (C=O) groups excluding carboxylic acids is 1. The minimum atomic E-state index is -1.00. The quantitative estimate of drug-likeness (QED) is 0.745. The molecule has 0 saturated heterocycles. The van der Waals surface area contributed by atoms with Gasteiger partial charge in [0.05, 0.1) is 0 Å². The van der Waals surface area contributed by atoms with E-state index in [0.29, 0.717) is 5.25 Å². The van der Waals surface area contributed by atoms with Crippen LogP contribution in [-0.4, -0.2) is 40.7 Å². The van der Waals surface area contributed by atoms with Crippen LogP contribution in [0.2, 0.25) is 0 Å². The van der Waals surface area contributed by atoms with Gasteiger partial charge in [-0.05, 0) is 24.5 Å². The van der Waals surface area contributed by atoms with Crippen LogP contribution in [0.25, 0.3) is 0 Å². The number of urea groups is 1. The summed E-state index contributed by atoms with van der Waals surface area (Å²) in [6.45, 7) is 5.41. The molecule has 0 radical (unpaired) electrons. The Morgan fingerprint density at radius 2 is 1.85 bits per heavy atom. The fraction of sp³-hybridized carbons (Fsp3) is 0.857. The van der Waals surface area contributed by atoms with Crippen LogP contribution in [0, 0.1) is 5.41 Å². The third-order valence-electron chi connectivity index (χ3n) is 3.71. The average molecular weight is 302 g/mol. The summed E-state index contributed by atoms with van der Waals surface area (Å²) in [6, 6.07) is -1.13. The molecule has 6 heteroatoms. The molecule has 3 atom stereocenters. The molecule has 1 fully saturated rings. The molecule has 1 rings (SSSR count). The number of hydrogen-bond donors (Lipinski definition) is 3. The third-order valence-corrected chi connectivity index (χ3v) is 4.88. The molecule has 3 N–H and O–H groups in total. The molecule has 2 amide bonds. The van der Waals surface area contributed by atoms with Crippen molar-refractivity contribution in [2.75, 3.05) is 6.26 Å². The summed E-state index contributed by atoms with van der Waals surface area (Å²) in [5, 5.41) is 15.2. The smallest absolute Gasteiger partial charge is 0.326 e. The Kier molecular flexibility index (Phi) is 6.17. The van der Waals surface area contributed by atoms with Gasteiger partial charge in [0, 0.05) is 11.3 Å². The van der Waals surface area contributed by atoms with Gasteiger partial charge in [0.2, 0.25) is 0 Å². The number of carboxylic acid groups (broad SMARTS) is 1. The summed E-state index contributed by atoms with van der Waals surface area (Å²) in [5.41, 5.74) is -0.519. The van der Waals surface area contributed by atoms with E-state index in [1.807, 2.05) is 0 Å². The lowest BCUT2D eigenvalue weighted by Crippen LogP contribution is -2.55. The summed E-state index contributed by atoms with van der Waals surface area (Å²) in [4.78, 5) is 23.3. The Labute approximate surface area is 125 Å². The second-order valence-electron chi connectivity index (χ2n) is 6.42. The predicted molar refractivity (Wildman–Crippen MR) is 82.1 cm³/mol. The molecule has 1 aliphatic rings. The third kappa shape index (κ3) is 4.89. The highest BCUT2D eigenvalue weighted by Crippen LogP contribution is 2.27. The van der Waals surface area contributed by atoms with Crippen LogP contribution in [0.4, 0.5) is 4.79 Å². The van der Waals surface area contributed by atoms with E-state index in [0.717, 1.165) is 19.3 Å². The van der Waals surface area contributed by atoms with Gasteiger partial charge >= 0.3 is 12.0 Å². The van der Waals surface area contributed by atoms with E-state index < -0.39 is 17.4 Å². The van der Waals surface area contributed by atoms with E-state index >= 15 is 0 Å². The van der Waals surface area contributed by atoms with Crippen LogP contribution in [-0.2, 0) is 4.79 Å². The fourth-order valence-corrected chi connectivity index (χ4v) is 3.47. The molecule has 0 aliphatic heterocycles. The second-order valence-corrected chi connectivity index (χ2v) is 7.50. The lowest BCUT2D eigenvalue weighted by Gasteiger charge is -2.33. The molecular weight excluding hydrogens is 276 g/mol. The number of aliphatic carboxylic acids is 1.